The van der Waals surface area contributed by atoms with Crippen LogP contribution in [0, 0.1) is 0 Å². The van der Waals surface area contributed by atoms with E-state index in [4.69, 9.17) is 11.6 Å². The number of aromatic nitrogens is 2. The van der Waals surface area contributed by atoms with Gasteiger partial charge in [0, 0.05) is 29.6 Å². The highest BCUT2D eigenvalue weighted by Gasteiger charge is 2.05. The highest BCUT2D eigenvalue weighted by atomic mass is 35.5. The van der Waals surface area contributed by atoms with E-state index in [9.17, 15) is 9.59 Å². The summed E-state index contributed by atoms with van der Waals surface area (Å²) in [6.07, 6.45) is 5.09. The zero-order valence-corrected chi connectivity index (χ0v) is 12.1. The number of allylic oxidation sites excluding steroid dienone is 2. The lowest BCUT2D eigenvalue weighted by Crippen LogP contribution is -2.39. The van der Waals surface area contributed by atoms with Gasteiger partial charge in [-0.15, -0.1) is 0 Å². The third kappa shape index (κ3) is 3.08. The zero-order valence-electron chi connectivity index (χ0n) is 11.3. The largest absolute Gasteiger partial charge is 0.320 e. The second-order valence-corrected chi connectivity index (χ2v) is 5.13. The third-order valence-corrected chi connectivity index (χ3v) is 3.11. The fraction of sp³-hybridized carbons (Fsp3) is 0.200. The molecule has 0 N–H and O–H groups in total. The van der Waals surface area contributed by atoms with Crippen molar-refractivity contribution in [2.24, 2.45) is 0 Å². The topological polar surface area (TPSA) is 44.0 Å². The Morgan fingerprint density at radius 3 is 2.35 bits per heavy atom. The van der Waals surface area contributed by atoms with E-state index in [1.165, 1.54) is 9.13 Å². The maximum Gasteiger partial charge on any atom is 0.320 e. The van der Waals surface area contributed by atoms with Crippen molar-refractivity contribution in [3.05, 3.63) is 74.0 Å². The first-order chi connectivity index (χ1) is 9.49. The molecule has 20 heavy (non-hydrogen) atoms. The van der Waals surface area contributed by atoms with Gasteiger partial charge in [0.1, 0.15) is 0 Å². The maximum absolute atomic E-state index is 12.1. The summed E-state index contributed by atoms with van der Waals surface area (Å²) in [5, 5.41) is 0.582. The average Bonchev–Trinajstić information content (AvgIpc) is 2.42. The standard InChI is InChI=1S/C15H15ClN2O2/c1-11(2)7-8-17-9-10-18(15(20)14(17)19)13-5-3-12(16)4-6-13/h3-7,9-10H,8H2,1-2H3. The number of hydrogen-bond donors (Lipinski definition) is 0. The van der Waals surface area contributed by atoms with Gasteiger partial charge in [0.2, 0.25) is 0 Å². The van der Waals surface area contributed by atoms with Crippen LogP contribution in [0.2, 0.25) is 5.02 Å². The average molecular weight is 291 g/mol. The number of nitrogens with zero attached hydrogens (tertiary/aromatic N) is 2. The molecule has 0 unspecified atom stereocenters. The molecule has 0 atom stereocenters. The molecule has 1 aromatic heterocycles. The Bertz CT molecular complexity index is 751. The molecule has 0 aliphatic heterocycles. The molecule has 0 bridgehead atoms. The molecular weight excluding hydrogens is 276 g/mol. The van der Waals surface area contributed by atoms with Crippen LogP contribution in [0.4, 0.5) is 0 Å². The Morgan fingerprint density at radius 1 is 1.10 bits per heavy atom. The molecular formula is C15H15ClN2O2. The summed E-state index contributed by atoms with van der Waals surface area (Å²) >= 11 is 5.81. The second kappa shape index (κ2) is 5.92. The molecule has 2 rings (SSSR count). The fourth-order valence-corrected chi connectivity index (χ4v) is 1.86. The van der Waals surface area contributed by atoms with Crippen molar-refractivity contribution >= 4 is 11.6 Å². The van der Waals surface area contributed by atoms with Crippen LogP contribution in [0.25, 0.3) is 5.69 Å². The molecule has 0 saturated carbocycles. The molecule has 2 aromatic rings. The molecule has 0 saturated heterocycles. The first-order valence-corrected chi connectivity index (χ1v) is 6.58. The van der Waals surface area contributed by atoms with E-state index >= 15 is 0 Å². The van der Waals surface area contributed by atoms with Crippen LogP contribution < -0.4 is 11.1 Å². The molecule has 0 aliphatic carbocycles. The van der Waals surface area contributed by atoms with Crippen LogP contribution in [0.15, 0.2) is 57.9 Å². The molecule has 0 fully saturated rings. The molecule has 0 radical (unpaired) electrons. The smallest absolute Gasteiger partial charge is 0.305 e. The molecule has 4 nitrogen and oxygen atoms in total. The van der Waals surface area contributed by atoms with Crippen LogP contribution in [0.5, 0.6) is 0 Å². The first-order valence-electron chi connectivity index (χ1n) is 6.20. The van der Waals surface area contributed by atoms with E-state index in [0.717, 1.165) is 5.57 Å². The van der Waals surface area contributed by atoms with Crippen molar-refractivity contribution in [3.63, 3.8) is 0 Å². The molecule has 0 spiro atoms. The fourth-order valence-electron chi connectivity index (χ4n) is 1.74. The van der Waals surface area contributed by atoms with Crippen molar-refractivity contribution in [1.82, 2.24) is 9.13 Å². The molecule has 1 heterocycles. The van der Waals surface area contributed by atoms with Crippen molar-refractivity contribution in [2.45, 2.75) is 20.4 Å². The SMILES string of the molecule is CC(C)=CCn1ccn(-c2ccc(Cl)cc2)c(=O)c1=O. The number of benzene rings is 1. The monoisotopic (exact) mass is 290 g/mol. The molecule has 1 aromatic carbocycles. The van der Waals surface area contributed by atoms with Gasteiger partial charge in [0.15, 0.2) is 0 Å². The van der Waals surface area contributed by atoms with Crippen molar-refractivity contribution in [1.29, 1.82) is 0 Å². The number of rotatable bonds is 3. The van der Waals surface area contributed by atoms with Gasteiger partial charge in [-0.2, -0.15) is 0 Å². The van der Waals surface area contributed by atoms with E-state index in [1.54, 1.807) is 36.7 Å². The minimum Gasteiger partial charge on any atom is -0.305 e. The summed E-state index contributed by atoms with van der Waals surface area (Å²) in [6.45, 7) is 4.29. The summed E-state index contributed by atoms with van der Waals surface area (Å²) in [5.74, 6) is 0. The normalized spacial score (nSPS) is 10.3. The van der Waals surface area contributed by atoms with Gasteiger partial charge in [-0.05, 0) is 38.1 Å². The number of hydrogen-bond acceptors (Lipinski definition) is 2. The predicted molar refractivity (Wildman–Crippen MR) is 80.7 cm³/mol. The Labute approximate surface area is 121 Å². The Morgan fingerprint density at radius 2 is 1.75 bits per heavy atom. The minimum absolute atomic E-state index is 0.401. The molecule has 5 heteroatoms. The summed E-state index contributed by atoms with van der Waals surface area (Å²) in [6, 6.07) is 6.75. The van der Waals surface area contributed by atoms with E-state index in [1.807, 2.05) is 19.9 Å². The first kappa shape index (κ1) is 14.3. The van der Waals surface area contributed by atoms with Crippen molar-refractivity contribution < 1.29 is 0 Å². The highest BCUT2D eigenvalue weighted by molar-refractivity contribution is 6.30. The van der Waals surface area contributed by atoms with E-state index in [2.05, 4.69) is 0 Å². The number of halogens is 1. The van der Waals surface area contributed by atoms with Crippen LogP contribution in [0.3, 0.4) is 0 Å². The van der Waals surface area contributed by atoms with Crippen molar-refractivity contribution in [2.75, 3.05) is 0 Å². The van der Waals surface area contributed by atoms with Crippen LogP contribution in [-0.4, -0.2) is 9.13 Å². The molecule has 0 aliphatic rings. The van der Waals surface area contributed by atoms with Gasteiger partial charge >= 0.3 is 11.1 Å². The van der Waals surface area contributed by atoms with Gasteiger partial charge in [0.05, 0.1) is 0 Å². The Kier molecular flexibility index (Phi) is 4.25. The van der Waals surface area contributed by atoms with Gasteiger partial charge in [-0.1, -0.05) is 23.3 Å². The van der Waals surface area contributed by atoms with Gasteiger partial charge in [-0.25, -0.2) is 0 Å². The Hall–Kier alpha value is -2.07. The minimum atomic E-state index is -0.572. The summed E-state index contributed by atoms with van der Waals surface area (Å²) in [5.41, 5.74) is 0.599. The lowest BCUT2D eigenvalue weighted by Gasteiger charge is -2.07. The van der Waals surface area contributed by atoms with Crippen LogP contribution in [0.1, 0.15) is 13.8 Å². The Balaban J connectivity index is 2.46. The second-order valence-electron chi connectivity index (χ2n) is 4.69. The lowest BCUT2D eigenvalue weighted by atomic mass is 10.3. The third-order valence-electron chi connectivity index (χ3n) is 2.86. The van der Waals surface area contributed by atoms with E-state index < -0.39 is 11.1 Å². The summed E-state index contributed by atoms with van der Waals surface area (Å²) in [4.78, 5) is 24.1. The van der Waals surface area contributed by atoms with Crippen LogP contribution >= 0.6 is 11.6 Å². The summed E-state index contributed by atoms with van der Waals surface area (Å²) in [7, 11) is 0. The van der Waals surface area contributed by atoms with Gasteiger partial charge in [-0.3, -0.25) is 14.2 Å². The zero-order chi connectivity index (χ0) is 14.7. The van der Waals surface area contributed by atoms with Crippen molar-refractivity contribution in [3.8, 4) is 5.69 Å². The van der Waals surface area contributed by atoms with E-state index in [-0.39, 0.29) is 0 Å². The van der Waals surface area contributed by atoms with Gasteiger partial charge < -0.3 is 4.57 Å². The highest BCUT2D eigenvalue weighted by Crippen LogP contribution is 2.11. The lowest BCUT2D eigenvalue weighted by molar-refractivity contribution is 0.729. The van der Waals surface area contributed by atoms with Crippen LogP contribution in [-0.2, 0) is 6.54 Å². The molecule has 104 valence electrons. The van der Waals surface area contributed by atoms with E-state index in [0.29, 0.717) is 17.3 Å². The quantitative estimate of drug-likeness (QED) is 0.644. The molecule has 0 amide bonds. The predicted octanol–water partition coefficient (Wildman–Crippen LogP) is 2.62. The summed E-state index contributed by atoms with van der Waals surface area (Å²) < 4.78 is 2.71. The maximum atomic E-state index is 12.1. The van der Waals surface area contributed by atoms with Gasteiger partial charge in [0.25, 0.3) is 0 Å².